The molecule has 140 valence electrons. The Labute approximate surface area is 157 Å². The molecule has 2 fully saturated rings. The van der Waals surface area contributed by atoms with E-state index < -0.39 is 0 Å². The van der Waals surface area contributed by atoms with Gasteiger partial charge in [0.1, 0.15) is 5.69 Å². The molecule has 1 aromatic heterocycles. The van der Waals surface area contributed by atoms with Gasteiger partial charge in [0.05, 0.1) is 5.01 Å². The first kappa shape index (κ1) is 18.7. The first-order valence-corrected chi connectivity index (χ1v) is 9.92. The molecule has 8 heteroatoms. The zero-order valence-corrected chi connectivity index (χ0v) is 15.6. The molecule has 3 rings (SSSR count). The molecule has 3 heterocycles. The van der Waals surface area contributed by atoms with Crippen molar-refractivity contribution in [1.82, 2.24) is 20.3 Å². The summed E-state index contributed by atoms with van der Waals surface area (Å²) in [5.74, 6) is 2.43. The third-order valence-corrected chi connectivity index (χ3v) is 5.76. The second kappa shape index (κ2) is 9.01. The maximum atomic E-state index is 12.4. The first-order valence-electron chi connectivity index (χ1n) is 9.04. The summed E-state index contributed by atoms with van der Waals surface area (Å²) in [6.45, 7) is 3.03. The molecule has 0 bridgehead atoms. The lowest BCUT2D eigenvalue weighted by Crippen LogP contribution is -2.45. The maximum Gasteiger partial charge on any atom is 0.410 e. The monoisotopic (exact) mass is 376 g/mol. The minimum absolute atomic E-state index is 0.000726. The summed E-state index contributed by atoms with van der Waals surface area (Å²) >= 11 is 1.52. The van der Waals surface area contributed by atoms with Gasteiger partial charge < -0.3 is 9.64 Å². The number of hydrazine groups is 1. The van der Waals surface area contributed by atoms with Crippen molar-refractivity contribution in [2.45, 2.75) is 38.0 Å². The molecule has 2 amide bonds. The van der Waals surface area contributed by atoms with Crippen molar-refractivity contribution >= 4 is 23.3 Å². The quantitative estimate of drug-likeness (QED) is 0.816. The van der Waals surface area contributed by atoms with Crippen LogP contribution in [-0.2, 0) is 4.74 Å². The van der Waals surface area contributed by atoms with Crippen LogP contribution in [0.3, 0.4) is 0 Å². The van der Waals surface area contributed by atoms with E-state index >= 15 is 0 Å². The molecule has 0 unspecified atom stereocenters. The van der Waals surface area contributed by atoms with Crippen molar-refractivity contribution < 1.29 is 14.3 Å². The van der Waals surface area contributed by atoms with Gasteiger partial charge in [-0.15, -0.1) is 17.8 Å². The largest absolute Gasteiger partial charge is 0.436 e. The summed E-state index contributed by atoms with van der Waals surface area (Å²) in [5, 5.41) is 4.76. The van der Waals surface area contributed by atoms with Crippen molar-refractivity contribution in [3.05, 3.63) is 16.1 Å². The lowest BCUT2D eigenvalue weighted by molar-refractivity contribution is 0.0745. The van der Waals surface area contributed by atoms with Gasteiger partial charge in [0.25, 0.3) is 5.91 Å². The van der Waals surface area contributed by atoms with Crippen LogP contribution >= 0.6 is 11.3 Å². The smallest absolute Gasteiger partial charge is 0.410 e. The lowest BCUT2D eigenvalue weighted by Gasteiger charge is -2.30. The van der Waals surface area contributed by atoms with Gasteiger partial charge in [0, 0.05) is 37.5 Å². The van der Waals surface area contributed by atoms with E-state index in [0.29, 0.717) is 18.8 Å². The fraction of sp³-hybridized carbons (Fsp3) is 0.611. The van der Waals surface area contributed by atoms with Gasteiger partial charge in [-0.3, -0.25) is 10.2 Å². The summed E-state index contributed by atoms with van der Waals surface area (Å²) in [7, 11) is 0. The molecule has 7 nitrogen and oxygen atoms in total. The maximum absolute atomic E-state index is 12.4. The van der Waals surface area contributed by atoms with Crippen molar-refractivity contribution in [2.24, 2.45) is 0 Å². The number of piperidine rings is 2. The molecule has 0 atom stereocenters. The average molecular weight is 376 g/mol. The van der Waals surface area contributed by atoms with E-state index in [1.165, 1.54) is 17.8 Å². The Morgan fingerprint density at radius 1 is 1.27 bits per heavy atom. The van der Waals surface area contributed by atoms with Crippen LogP contribution in [0.5, 0.6) is 0 Å². The predicted octanol–water partition coefficient (Wildman–Crippen LogP) is 2.22. The topological polar surface area (TPSA) is 74.8 Å². The lowest BCUT2D eigenvalue weighted by atomic mass is 9.98. The van der Waals surface area contributed by atoms with E-state index in [9.17, 15) is 9.59 Å². The molecular weight excluding hydrogens is 352 g/mol. The number of nitrogens with zero attached hydrogens (tertiary/aromatic N) is 3. The molecule has 2 saturated heterocycles. The predicted molar refractivity (Wildman–Crippen MR) is 98.7 cm³/mol. The van der Waals surface area contributed by atoms with Crippen LogP contribution in [0.4, 0.5) is 4.79 Å². The van der Waals surface area contributed by atoms with E-state index in [0.717, 1.165) is 43.8 Å². The standard InChI is InChI=1S/C18H24N4O3S/c1-2-12-25-18(24)21-10-6-14(7-11-21)17-19-15(13-26-17)16(23)20-22-8-4-3-5-9-22/h1,13-14H,3-12H2,(H,20,23). The normalized spacial score (nSPS) is 19.0. The fourth-order valence-corrected chi connectivity index (χ4v) is 4.26. The minimum atomic E-state index is -0.359. The van der Waals surface area contributed by atoms with Crippen LogP contribution < -0.4 is 5.43 Å². The van der Waals surface area contributed by atoms with E-state index in [4.69, 9.17) is 11.2 Å². The number of hydrogen-bond acceptors (Lipinski definition) is 6. The van der Waals surface area contributed by atoms with E-state index in [1.807, 2.05) is 10.4 Å². The molecule has 0 radical (unpaired) electrons. The number of carbonyl (C=O) groups excluding carboxylic acids is 2. The zero-order chi connectivity index (χ0) is 18.4. The molecule has 1 aromatic rings. The number of likely N-dealkylation sites (tertiary alicyclic amines) is 1. The Hall–Kier alpha value is -2.11. The first-order chi connectivity index (χ1) is 12.7. The van der Waals surface area contributed by atoms with Crippen LogP contribution in [0.25, 0.3) is 0 Å². The summed E-state index contributed by atoms with van der Waals surface area (Å²) in [6, 6.07) is 0. The van der Waals surface area contributed by atoms with Crippen LogP contribution in [0.1, 0.15) is 53.5 Å². The number of rotatable bonds is 4. The summed E-state index contributed by atoms with van der Waals surface area (Å²) in [6.07, 6.45) is 9.82. The molecule has 0 saturated carbocycles. The highest BCUT2D eigenvalue weighted by atomic mass is 32.1. The average Bonchev–Trinajstić information content (AvgIpc) is 3.17. The van der Waals surface area contributed by atoms with Crippen molar-refractivity contribution in [3.8, 4) is 12.3 Å². The summed E-state index contributed by atoms with van der Waals surface area (Å²) in [4.78, 5) is 30.4. The van der Waals surface area contributed by atoms with Crippen LogP contribution in [0, 0.1) is 12.3 Å². The highest BCUT2D eigenvalue weighted by Gasteiger charge is 2.27. The van der Waals surface area contributed by atoms with E-state index in [1.54, 1.807) is 4.90 Å². The van der Waals surface area contributed by atoms with Gasteiger partial charge in [-0.05, 0) is 25.7 Å². The Morgan fingerprint density at radius 2 is 2.00 bits per heavy atom. The molecule has 1 N–H and O–H groups in total. The number of amides is 2. The Kier molecular flexibility index (Phi) is 6.47. The summed E-state index contributed by atoms with van der Waals surface area (Å²) in [5.41, 5.74) is 3.42. The van der Waals surface area contributed by atoms with Crippen LogP contribution in [-0.4, -0.2) is 59.7 Å². The highest BCUT2D eigenvalue weighted by molar-refractivity contribution is 7.09. The number of carbonyl (C=O) groups is 2. The Bertz CT molecular complexity index is 670. The molecule has 2 aliphatic rings. The van der Waals surface area contributed by atoms with E-state index in [2.05, 4.69) is 16.3 Å². The second-order valence-corrected chi connectivity index (χ2v) is 7.47. The molecular formula is C18H24N4O3S. The SMILES string of the molecule is C#CCOC(=O)N1CCC(c2nc(C(=O)NN3CCCCC3)cs2)CC1. The van der Waals surface area contributed by atoms with E-state index in [-0.39, 0.29) is 24.5 Å². The number of thiazole rings is 1. The van der Waals surface area contributed by atoms with Crippen molar-refractivity contribution in [3.63, 3.8) is 0 Å². The molecule has 0 aromatic carbocycles. The summed E-state index contributed by atoms with van der Waals surface area (Å²) < 4.78 is 4.96. The Balaban J connectivity index is 1.50. The molecule has 0 spiro atoms. The van der Waals surface area contributed by atoms with Gasteiger partial charge in [0.2, 0.25) is 0 Å². The second-order valence-electron chi connectivity index (χ2n) is 6.58. The number of hydrogen-bond donors (Lipinski definition) is 1. The van der Waals surface area contributed by atoms with Gasteiger partial charge in [-0.2, -0.15) is 0 Å². The number of terminal acetylenes is 1. The Morgan fingerprint density at radius 3 is 2.69 bits per heavy atom. The van der Waals surface area contributed by atoms with Crippen molar-refractivity contribution in [1.29, 1.82) is 0 Å². The molecule has 0 aliphatic carbocycles. The third-order valence-electron chi connectivity index (χ3n) is 4.75. The van der Waals surface area contributed by atoms with Gasteiger partial charge >= 0.3 is 6.09 Å². The minimum Gasteiger partial charge on any atom is -0.436 e. The molecule has 26 heavy (non-hydrogen) atoms. The van der Waals surface area contributed by atoms with Gasteiger partial charge in [-0.1, -0.05) is 12.3 Å². The van der Waals surface area contributed by atoms with Crippen LogP contribution in [0.15, 0.2) is 5.38 Å². The van der Waals surface area contributed by atoms with Gasteiger partial charge in [0.15, 0.2) is 6.61 Å². The number of ether oxygens (including phenoxy) is 1. The zero-order valence-electron chi connectivity index (χ0n) is 14.8. The number of aromatic nitrogens is 1. The molecule has 2 aliphatic heterocycles. The number of nitrogens with one attached hydrogen (secondary N) is 1. The fourth-order valence-electron chi connectivity index (χ4n) is 3.29. The highest BCUT2D eigenvalue weighted by Crippen LogP contribution is 2.30. The van der Waals surface area contributed by atoms with Crippen LogP contribution in [0.2, 0.25) is 0 Å². The van der Waals surface area contributed by atoms with Gasteiger partial charge in [-0.25, -0.2) is 14.8 Å². The third kappa shape index (κ3) is 4.74. The van der Waals surface area contributed by atoms with Crippen molar-refractivity contribution in [2.75, 3.05) is 32.8 Å².